The molecule has 0 aliphatic rings. The number of hydrogen-bond donors (Lipinski definition) is 3. The summed E-state index contributed by atoms with van der Waals surface area (Å²) in [6.07, 6.45) is 0. The smallest absolute Gasteiger partial charge is 0.156 e. The van der Waals surface area contributed by atoms with Crippen LogP contribution in [0.1, 0.15) is 0 Å². The van der Waals surface area contributed by atoms with E-state index in [0.29, 0.717) is 5.75 Å². The van der Waals surface area contributed by atoms with Crippen molar-refractivity contribution >= 4 is 10.8 Å². The summed E-state index contributed by atoms with van der Waals surface area (Å²) in [6.45, 7) is 0. The van der Waals surface area contributed by atoms with Gasteiger partial charge < -0.3 is 4.84 Å². The van der Waals surface area contributed by atoms with Crippen LogP contribution >= 0.6 is 0 Å². The van der Waals surface area contributed by atoms with Gasteiger partial charge in [0.1, 0.15) is 0 Å². The summed E-state index contributed by atoms with van der Waals surface area (Å²) in [5, 5.41) is 10.4. The molecule has 0 radical (unpaired) electrons. The monoisotopic (exact) mass is 190 g/mol. The molecule has 2 aromatic carbocycles. The lowest BCUT2D eigenvalue weighted by atomic mass is 10.1. The van der Waals surface area contributed by atoms with Gasteiger partial charge in [-0.05, 0) is 11.5 Å². The first-order chi connectivity index (χ1) is 6.92. The topological polar surface area (TPSA) is 53.5 Å². The Morgan fingerprint density at radius 3 is 2.64 bits per heavy atom. The third-order valence-corrected chi connectivity index (χ3v) is 1.96. The Bertz CT molecular complexity index is 426. The van der Waals surface area contributed by atoms with Gasteiger partial charge in [0.2, 0.25) is 0 Å². The van der Waals surface area contributed by atoms with Crippen LogP contribution in [0.2, 0.25) is 0 Å². The molecule has 0 bridgehead atoms. The number of fused-ring (bicyclic) bond motifs is 1. The molecular weight excluding hydrogens is 180 g/mol. The van der Waals surface area contributed by atoms with E-state index in [1.807, 2.05) is 42.5 Å². The zero-order valence-corrected chi connectivity index (χ0v) is 7.40. The first kappa shape index (κ1) is 8.96. The Kier molecular flexibility index (Phi) is 2.60. The van der Waals surface area contributed by atoms with E-state index in [1.54, 1.807) is 5.59 Å². The van der Waals surface area contributed by atoms with Gasteiger partial charge in [-0.25, -0.2) is 0 Å². The molecule has 0 aromatic heterocycles. The maximum Gasteiger partial charge on any atom is 0.156 e. The lowest BCUT2D eigenvalue weighted by Gasteiger charge is -2.07. The second-order valence-electron chi connectivity index (χ2n) is 2.79. The molecule has 0 aliphatic carbocycles. The zero-order valence-electron chi connectivity index (χ0n) is 7.40. The number of benzene rings is 2. The highest BCUT2D eigenvalue weighted by Gasteiger charge is 1.99. The van der Waals surface area contributed by atoms with Crippen LogP contribution in [0.3, 0.4) is 0 Å². The van der Waals surface area contributed by atoms with Crippen molar-refractivity contribution in [1.82, 2.24) is 11.2 Å². The molecule has 0 heterocycles. The number of nitrogens with one attached hydrogen (secondary N) is 2. The summed E-state index contributed by atoms with van der Waals surface area (Å²) in [5.74, 6) is 0.657. The summed E-state index contributed by atoms with van der Waals surface area (Å²) >= 11 is 0. The SMILES string of the molecule is ONNOc1cccc2ccccc12. The van der Waals surface area contributed by atoms with Gasteiger partial charge in [-0.3, -0.25) is 5.21 Å². The van der Waals surface area contributed by atoms with E-state index in [1.165, 1.54) is 0 Å². The van der Waals surface area contributed by atoms with Crippen molar-refractivity contribution in [3.8, 4) is 5.75 Å². The van der Waals surface area contributed by atoms with Crippen molar-refractivity contribution in [1.29, 1.82) is 0 Å². The van der Waals surface area contributed by atoms with Crippen molar-refractivity contribution in [2.24, 2.45) is 0 Å². The van der Waals surface area contributed by atoms with Crippen LogP contribution in [0.25, 0.3) is 10.8 Å². The van der Waals surface area contributed by atoms with E-state index in [4.69, 9.17) is 10.0 Å². The third kappa shape index (κ3) is 1.67. The highest BCUT2D eigenvalue weighted by Crippen LogP contribution is 2.24. The van der Waals surface area contributed by atoms with Crippen molar-refractivity contribution in [2.45, 2.75) is 0 Å². The molecule has 72 valence electrons. The summed E-state index contributed by atoms with van der Waals surface area (Å²) < 4.78 is 0. The van der Waals surface area contributed by atoms with Gasteiger partial charge in [0.15, 0.2) is 5.75 Å². The predicted octanol–water partition coefficient (Wildman–Crippen LogP) is 1.62. The van der Waals surface area contributed by atoms with Gasteiger partial charge in [-0.2, -0.15) is 0 Å². The average Bonchev–Trinajstić information content (AvgIpc) is 2.26. The Hall–Kier alpha value is -1.62. The fourth-order valence-electron chi connectivity index (χ4n) is 1.36. The van der Waals surface area contributed by atoms with E-state index in [2.05, 4.69) is 5.59 Å². The fourth-order valence-corrected chi connectivity index (χ4v) is 1.36. The highest BCUT2D eigenvalue weighted by molar-refractivity contribution is 5.88. The van der Waals surface area contributed by atoms with Crippen LogP contribution in [0.5, 0.6) is 5.75 Å². The van der Waals surface area contributed by atoms with Crippen LogP contribution in [-0.2, 0) is 0 Å². The number of hydrogen-bond acceptors (Lipinski definition) is 4. The van der Waals surface area contributed by atoms with Gasteiger partial charge in [0.25, 0.3) is 0 Å². The van der Waals surface area contributed by atoms with Gasteiger partial charge >= 0.3 is 0 Å². The van der Waals surface area contributed by atoms with Crippen LogP contribution < -0.4 is 16.0 Å². The molecule has 0 aliphatic heterocycles. The quantitative estimate of drug-likeness (QED) is 0.644. The lowest BCUT2D eigenvalue weighted by molar-refractivity contribution is 0.00286. The van der Waals surface area contributed by atoms with Gasteiger partial charge in [-0.1, -0.05) is 42.0 Å². The minimum atomic E-state index is 0.657. The van der Waals surface area contributed by atoms with Crippen LogP contribution in [-0.4, -0.2) is 5.21 Å². The predicted molar refractivity (Wildman–Crippen MR) is 52.6 cm³/mol. The van der Waals surface area contributed by atoms with Crippen LogP contribution in [0, 0.1) is 0 Å². The van der Waals surface area contributed by atoms with Crippen molar-refractivity contribution < 1.29 is 10.0 Å². The molecule has 14 heavy (non-hydrogen) atoms. The van der Waals surface area contributed by atoms with Crippen molar-refractivity contribution in [3.05, 3.63) is 42.5 Å². The molecule has 0 amide bonds. The molecule has 0 saturated carbocycles. The molecule has 4 heteroatoms. The molecule has 0 atom stereocenters. The highest BCUT2D eigenvalue weighted by atomic mass is 16.7. The fraction of sp³-hybridized carbons (Fsp3) is 0. The van der Waals surface area contributed by atoms with E-state index in [-0.39, 0.29) is 0 Å². The summed E-state index contributed by atoms with van der Waals surface area (Å²) in [5.41, 5.74) is 3.87. The molecule has 2 aromatic rings. The maximum atomic E-state index is 8.31. The van der Waals surface area contributed by atoms with Gasteiger partial charge in [0, 0.05) is 5.39 Å². The normalized spacial score (nSPS) is 10.4. The maximum absolute atomic E-state index is 8.31. The second kappa shape index (κ2) is 4.06. The minimum Gasteiger partial charge on any atom is -0.391 e. The zero-order chi connectivity index (χ0) is 9.80. The molecule has 0 fully saturated rings. The third-order valence-electron chi connectivity index (χ3n) is 1.96. The Balaban J connectivity index is 2.43. The van der Waals surface area contributed by atoms with Gasteiger partial charge in [-0.15, -0.1) is 5.59 Å². The number of hydrazine groups is 1. The summed E-state index contributed by atoms with van der Waals surface area (Å²) in [4.78, 5) is 5.06. The molecule has 0 unspecified atom stereocenters. The molecule has 0 spiro atoms. The first-order valence-electron chi connectivity index (χ1n) is 4.20. The lowest BCUT2D eigenvalue weighted by Crippen LogP contribution is -2.31. The van der Waals surface area contributed by atoms with Crippen LogP contribution in [0.4, 0.5) is 0 Å². The van der Waals surface area contributed by atoms with Crippen molar-refractivity contribution in [3.63, 3.8) is 0 Å². The molecule has 3 N–H and O–H groups in total. The minimum absolute atomic E-state index is 0.657. The van der Waals surface area contributed by atoms with E-state index >= 15 is 0 Å². The largest absolute Gasteiger partial charge is 0.391 e. The van der Waals surface area contributed by atoms with Crippen LogP contribution in [0.15, 0.2) is 42.5 Å². The Morgan fingerprint density at radius 2 is 1.79 bits per heavy atom. The molecule has 0 saturated heterocycles. The van der Waals surface area contributed by atoms with E-state index in [0.717, 1.165) is 10.8 Å². The Labute approximate surface area is 81.0 Å². The molecule has 4 nitrogen and oxygen atoms in total. The standard InChI is InChI=1S/C10H10N2O2/c13-11-12-14-10-7-3-5-8-4-1-2-6-9(8)10/h1-7,11-13H. The summed E-state index contributed by atoms with van der Waals surface area (Å²) in [6, 6.07) is 13.5. The Morgan fingerprint density at radius 1 is 1.00 bits per heavy atom. The molecule has 2 rings (SSSR count). The first-order valence-corrected chi connectivity index (χ1v) is 4.20. The molecular formula is C10H10N2O2. The average molecular weight is 190 g/mol. The van der Waals surface area contributed by atoms with Crippen molar-refractivity contribution in [2.75, 3.05) is 0 Å². The van der Waals surface area contributed by atoms with E-state index in [9.17, 15) is 0 Å². The van der Waals surface area contributed by atoms with Gasteiger partial charge in [0.05, 0.1) is 0 Å². The summed E-state index contributed by atoms with van der Waals surface area (Å²) in [7, 11) is 0. The number of rotatable bonds is 3. The van der Waals surface area contributed by atoms with E-state index < -0.39 is 0 Å². The second-order valence-corrected chi connectivity index (χ2v) is 2.79.